The van der Waals surface area contributed by atoms with Crippen LogP contribution in [0.4, 0.5) is 4.39 Å². The van der Waals surface area contributed by atoms with Gasteiger partial charge in [0.05, 0.1) is 0 Å². The maximum atomic E-state index is 13.9. The molecule has 0 heterocycles. The summed E-state index contributed by atoms with van der Waals surface area (Å²) in [6.45, 7) is 6.50. The number of nitrogens with zero attached hydrogens (tertiary/aromatic N) is 1. The summed E-state index contributed by atoms with van der Waals surface area (Å²) < 4.78 is 13.9. The molecule has 1 fully saturated rings. The van der Waals surface area contributed by atoms with Gasteiger partial charge < -0.3 is 5.73 Å². The zero-order valence-corrected chi connectivity index (χ0v) is 12.4. The van der Waals surface area contributed by atoms with Crippen molar-refractivity contribution in [3.8, 4) is 0 Å². The Hall–Kier alpha value is -0.930. The molecule has 0 saturated heterocycles. The van der Waals surface area contributed by atoms with Gasteiger partial charge in [0.1, 0.15) is 5.82 Å². The van der Waals surface area contributed by atoms with Crippen molar-refractivity contribution >= 4 is 0 Å². The Balaban J connectivity index is 2.17. The highest BCUT2D eigenvalue weighted by Gasteiger charge is 2.42. The second kappa shape index (κ2) is 5.22. The van der Waals surface area contributed by atoms with Gasteiger partial charge in [-0.25, -0.2) is 4.39 Å². The van der Waals surface area contributed by atoms with E-state index >= 15 is 0 Å². The molecule has 1 saturated carbocycles. The first-order chi connectivity index (χ1) is 8.84. The summed E-state index contributed by atoms with van der Waals surface area (Å²) in [6.07, 6.45) is 2.22. The van der Waals surface area contributed by atoms with Crippen LogP contribution in [0.15, 0.2) is 24.3 Å². The smallest absolute Gasteiger partial charge is 0.127 e. The van der Waals surface area contributed by atoms with Crippen molar-refractivity contribution in [2.75, 3.05) is 7.05 Å². The molecule has 3 atom stereocenters. The fourth-order valence-corrected chi connectivity index (χ4v) is 3.16. The molecule has 3 unspecified atom stereocenters. The molecule has 19 heavy (non-hydrogen) atoms. The Morgan fingerprint density at radius 3 is 2.53 bits per heavy atom. The molecule has 1 aromatic rings. The first-order valence-electron chi connectivity index (χ1n) is 7.06. The van der Waals surface area contributed by atoms with E-state index in [0.717, 1.165) is 18.4 Å². The highest BCUT2D eigenvalue weighted by molar-refractivity contribution is 5.21. The number of hydrogen-bond acceptors (Lipinski definition) is 2. The third kappa shape index (κ3) is 2.67. The van der Waals surface area contributed by atoms with Crippen LogP contribution < -0.4 is 5.73 Å². The lowest BCUT2D eigenvalue weighted by Gasteiger charge is -2.36. The van der Waals surface area contributed by atoms with Crippen LogP contribution >= 0.6 is 0 Å². The van der Waals surface area contributed by atoms with Crippen LogP contribution in [0, 0.1) is 11.2 Å². The van der Waals surface area contributed by atoms with Crippen molar-refractivity contribution in [3.05, 3.63) is 35.6 Å². The summed E-state index contributed by atoms with van der Waals surface area (Å²) in [5.41, 5.74) is 7.30. The highest BCUT2D eigenvalue weighted by Crippen LogP contribution is 2.40. The van der Waals surface area contributed by atoms with Crippen LogP contribution in [0.1, 0.15) is 45.2 Å². The van der Waals surface area contributed by atoms with E-state index in [1.807, 2.05) is 12.1 Å². The summed E-state index contributed by atoms with van der Waals surface area (Å²) >= 11 is 0. The molecule has 106 valence electrons. The predicted molar refractivity (Wildman–Crippen MR) is 77.4 cm³/mol. The van der Waals surface area contributed by atoms with E-state index < -0.39 is 0 Å². The Kier molecular flexibility index (Phi) is 3.98. The molecule has 2 N–H and O–H groups in total. The molecule has 0 aromatic heterocycles. The first kappa shape index (κ1) is 14.5. The Labute approximate surface area is 115 Å². The van der Waals surface area contributed by atoms with Gasteiger partial charge in [0.2, 0.25) is 0 Å². The number of hydrogen-bond donors (Lipinski definition) is 1. The predicted octanol–water partition coefficient (Wildman–Crippen LogP) is 3.33. The van der Waals surface area contributed by atoms with Crippen molar-refractivity contribution in [2.45, 2.75) is 51.7 Å². The van der Waals surface area contributed by atoms with Gasteiger partial charge in [-0.05, 0) is 38.3 Å². The van der Waals surface area contributed by atoms with E-state index in [1.54, 1.807) is 6.07 Å². The minimum atomic E-state index is -0.132. The molecule has 0 aliphatic heterocycles. The van der Waals surface area contributed by atoms with E-state index in [1.165, 1.54) is 6.07 Å². The van der Waals surface area contributed by atoms with Crippen LogP contribution in [-0.4, -0.2) is 24.0 Å². The van der Waals surface area contributed by atoms with Gasteiger partial charge >= 0.3 is 0 Å². The van der Waals surface area contributed by atoms with E-state index in [9.17, 15) is 4.39 Å². The molecule has 0 bridgehead atoms. The second-order valence-electron chi connectivity index (χ2n) is 6.48. The standard InChI is InChI=1S/C16H25FN2/c1-11(12-7-5-6-8-13(12)17)19(4)14-9-10-16(2,3)15(14)18/h5-8,11,14-15H,9-10,18H2,1-4H3. The molecule has 1 aromatic carbocycles. The Bertz CT molecular complexity index is 444. The van der Waals surface area contributed by atoms with Crippen molar-refractivity contribution in [3.63, 3.8) is 0 Å². The van der Waals surface area contributed by atoms with E-state index in [0.29, 0.717) is 6.04 Å². The first-order valence-corrected chi connectivity index (χ1v) is 7.06. The zero-order chi connectivity index (χ0) is 14.2. The number of likely N-dealkylation sites (N-methyl/N-ethyl adjacent to an activating group) is 1. The van der Waals surface area contributed by atoms with Crippen molar-refractivity contribution in [1.29, 1.82) is 0 Å². The van der Waals surface area contributed by atoms with Crippen LogP contribution in [0.5, 0.6) is 0 Å². The van der Waals surface area contributed by atoms with E-state index in [4.69, 9.17) is 5.73 Å². The third-order valence-electron chi connectivity index (χ3n) is 4.89. The second-order valence-corrected chi connectivity index (χ2v) is 6.48. The minimum Gasteiger partial charge on any atom is -0.326 e. The summed E-state index contributed by atoms with van der Waals surface area (Å²) in [4.78, 5) is 2.23. The lowest BCUT2D eigenvalue weighted by Crippen LogP contribution is -2.48. The molecule has 0 radical (unpaired) electrons. The van der Waals surface area contributed by atoms with E-state index in [2.05, 4.69) is 32.7 Å². The van der Waals surface area contributed by atoms with Gasteiger partial charge in [0.25, 0.3) is 0 Å². The van der Waals surface area contributed by atoms with Crippen molar-refractivity contribution in [2.24, 2.45) is 11.1 Å². The van der Waals surface area contributed by atoms with Crippen LogP contribution in [0.2, 0.25) is 0 Å². The monoisotopic (exact) mass is 264 g/mol. The largest absolute Gasteiger partial charge is 0.326 e. The molecule has 0 spiro atoms. The van der Waals surface area contributed by atoms with Gasteiger partial charge in [-0.1, -0.05) is 32.0 Å². The molecule has 3 heteroatoms. The topological polar surface area (TPSA) is 29.3 Å². The minimum absolute atomic E-state index is 0.0474. The lowest BCUT2D eigenvalue weighted by molar-refractivity contribution is 0.152. The molecule has 2 nitrogen and oxygen atoms in total. The SMILES string of the molecule is CC(c1ccccc1F)N(C)C1CCC(C)(C)C1N. The Morgan fingerprint density at radius 1 is 1.37 bits per heavy atom. The number of rotatable bonds is 3. The molecule has 1 aliphatic carbocycles. The van der Waals surface area contributed by atoms with Crippen LogP contribution in [0.3, 0.4) is 0 Å². The fraction of sp³-hybridized carbons (Fsp3) is 0.625. The highest BCUT2D eigenvalue weighted by atomic mass is 19.1. The van der Waals surface area contributed by atoms with Crippen molar-refractivity contribution < 1.29 is 4.39 Å². The number of halogens is 1. The third-order valence-corrected chi connectivity index (χ3v) is 4.89. The normalized spacial score (nSPS) is 27.7. The molecular weight excluding hydrogens is 239 g/mol. The Morgan fingerprint density at radius 2 is 2.00 bits per heavy atom. The maximum absolute atomic E-state index is 13.9. The quantitative estimate of drug-likeness (QED) is 0.907. The lowest BCUT2D eigenvalue weighted by atomic mass is 9.87. The maximum Gasteiger partial charge on any atom is 0.127 e. The molecule has 1 aliphatic rings. The van der Waals surface area contributed by atoms with Gasteiger partial charge in [0, 0.05) is 23.7 Å². The number of nitrogens with two attached hydrogens (primary N) is 1. The summed E-state index contributed by atoms with van der Waals surface area (Å²) in [5.74, 6) is -0.132. The van der Waals surface area contributed by atoms with Gasteiger partial charge in [-0.15, -0.1) is 0 Å². The van der Waals surface area contributed by atoms with Crippen LogP contribution in [0.25, 0.3) is 0 Å². The van der Waals surface area contributed by atoms with Crippen molar-refractivity contribution in [1.82, 2.24) is 4.90 Å². The average Bonchev–Trinajstić information content (AvgIpc) is 2.63. The van der Waals surface area contributed by atoms with Gasteiger partial charge in [-0.3, -0.25) is 4.90 Å². The molecular formula is C16H25FN2. The summed E-state index contributed by atoms with van der Waals surface area (Å²) in [6, 6.07) is 7.53. The molecule has 0 amide bonds. The summed E-state index contributed by atoms with van der Waals surface area (Å²) in [5, 5.41) is 0. The van der Waals surface area contributed by atoms with Gasteiger partial charge in [-0.2, -0.15) is 0 Å². The fourth-order valence-electron chi connectivity index (χ4n) is 3.16. The summed E-state index contributed by atoms with van der Waals surface area (Å²) in [7, 11) is 2.06. The van der Waals surface area contributed by atoms with Gasteiger partial charge in [0.15, 0.2) is 0 Å². The number of benzene rings is 1. The molecule has 2 rings (SSSR count). The zero-order valence-electron chi connectivity index (χ0n) is 12.4. The van der Waals surface area contributed by atoms with E-state index in [-0.39, 0.29) is 23.3 Å². The average molecular weight is 264 g/mol. The van der Waals surface area contributed by atoms with Crippen LogP contribution in [-0.2, 0) is 0 Å².